The van der Waals surface area contributed by atoms with Gasteiger partial charge >= 0.3 is 0 Å². The fraction of sp³-hybridized carbons (Fsp3) is 0. The number of nitriles is 1. The maximum absolute atomic E-state index is 9.22. The minimum atomic E-state index is 0.378. The van der Waals surface area contributed by atoms with Crippen molar-refractivity contribution in [1.82, 2.24) is 4.98 Å². The summed E-state index contributed by atoms with van der Waals surface area (Å²) in [6.45, 7) is 0. The number of fused-ring (bicyclic) bond motifs is 1. The SMILES string of the molecule is N#Cc1cnc2ccccc2c1Oc1ccccc1Cl. The summed E-state index contributed by atoms with van der Waals surface area (Å²) < 4.78 is 5.85. The van der Waals surface area contributed by atoms with Crippen molar-refractivity contribution in [3.05, 3.63) is 65.3 Å². The zero-order valence-electron chi connectivity index (χ0n) is 10.4. The van der Waals surface area contributed by atoms with Crippen LogP contribution < -0.4 is 4.74 Å². The quantitative estimate of drug-likeness (QED) is 0.691. The average molecular weight is 281 g/mol. The predicted molar refractivity (Wildman–Crippen MR) is 78.0 cm³/mol. The van der Waals surface area contributed by atoms with Gasteiger partial charge in [-0.15, -0.1) is 0 Å². The molecule has 3 rings (SSSR count). The molecule has 0 atom stereocenters. The summed E-state index contributed by atoms with van der Waals surface area (Å²) in [4.78, 5) is 4.24. The van der Waals surface area contributed by atoms with Crippen molar-refractivity contribution in [2.75, 3.05) is 0 Å². The first-order valence-electron chi connectivity index (χ1n) is 6.00. The Labute approximate surface area is 121 Å². The molecule has 3 nitrogen and oxygen atoms in total. The Kier molecular flexibility index (Phi) is 3.24. The van der Waals surface area contributed by atoms with Crippen LogP contribution in [0.4, 0.5) is 0 Å². The van der Waals surface area contributed by atoms with Gasteiger partial charge in [0.15, 0.2) is 5.75 Å². The van der Waals surface area contributed by atoms with Crippen LogP contribution in [0.25, 0.3) is 10.9 Å². The second-order valence-corrected chi connectivity index (χ2v) is 4.57. The lowest BCUT2D eigenvalue weighted by molar-refractivity contribution is 0.486. The first-order valence-corrected chi connectivity index (χ1v) is 6.37. The van der Waals surface area contributed by atoms with Gasteiger partial charge < -0.3 is 4.74 Å². The van der Waals surface area contributed by atoms with Crippen LogP contribution in [0.3, 0.4) is 0 Å². The number of aromatic nitrogens is 1. The zero-order valence-corrected chi connectivity index (χ0v) is 11.1. The highest BCUT2D eigenvalue weighted by molar-refractivity contribution is 6.32. The maximum atomic E-state index is 9.22. The molecule has 2 aromatic carbocycles. The van der Waals surface area contributed by atoms with E-state index >= 15 is 0 Å². The topological polar surface area (TPSA) is 45.9 Å². The minimum Gasteiger partial charge on any atom is -0.454 e. The Morgan fingerprint density at radius 1 is 1.05 bits per heavy atom. The number of hydrogen-bond donors (Lipinski definition) is 0. The van der Waals surface area contributed by atoms with Crippen molar-refractivity contribution >= 4 is 22.5 Å². The molecule has 0 radical (unpaired) electrons. The molecule has 3 aromatic rings. The molecule has 0 saturated carbocycles. The zero-order chi connectivity index (χ0) is 13.9. The molecule has 4 heteroatoms. The van der Waals surface area contributed by atoms with Crippen molar-refractivity contribution in [3.63, 3.8) is 0 Å². The Hall–Kier alpha value is -2.57. The van der Waals surface area contributed by atoms with E-state index in [0.717, 1.165) is 10.9 Å². The van der Waals surface area contributed by atoms with Crippen molar-refractivity contribution in [2.45, 2.75) is 0 Å². The third kappa shape index (κ3) is 2.18. The van der Waals surface area contributed by atoms with Gasteiger partial charge in [-0.25, -0.2) is 0 Å². The van der Waals surface area contributed by atoms with Gasteiger partial charge in [0.25, 0.3) is 0 Å². The second kappa shape index (κ2) is 5.20. The average Bonchev–Trinajstić information content (AvgIpc) is 2.50. The fourth-order valence-electron chi connectivity index (χ4n) is 1.94. The molecule has 0 aliphatic heterocycles. The number of ether oxygens (including phenoxy) is 1. The Morgan fingerprint density at radius 2 is 1.80 bits per heavy atom. The summed E-state index contributed by atoms with van der Waals surface area (Å²) in [5.74, 6) is 0.994. The number of pyridine rings is 1. The van der Waals surface area contributed by atoms with Gasteiger partial charge in [-0.2, -0.15) is 5.26 Å². The normalized spacial score (nSPS) is 10.2. The van der Waals surface area contributed by atoms with E-state index in [2.05, 4.69) is 11.1 Å². The summed E-state index contributed by atoms with van der Waals surface area (Å²) in [5.41, 5.74) is 1.15. The first-order chi connectivity index (χ1) is 9.79. The Bertz CT molecular complexity index is 824. The summed E-state index contributed by atoms with van der Waals surface area (Å²) in [6, 6.07) is 16.8. The highest BCUT2D eigenvalue weighted by Gasteiger charge is 2.12. The summed E-state index contributed by atoms with van der Waals surface area (Å²) in [5, 5.41) is 10.5. The largest absolute Gasteiger partial charge is 0.454 e. The van der Waals surface area contributed by atoms with Crippen LogP contribution in [-0.2, 0) is 0 Å². The second-order valence-electron chi connectivity index (χ2n) is 4.16. The lowest BCUT2D eigenvalue weighted by Gasteiger charge is -2.11. The molecule has 0 amide bonds. The van der Waals surface area contributed by atoms with Crippen molar-refractivity contribution in [1.29, 1.82) is 5.26 Å². The number of hydrogen-bond acceptors (Lipinski definition) is 3. The monoisotopic (exact) mass is 280 g/mol. The molecule has 0 bridgehead atoms. The minimum absolute atomic E-state index is 0.378. The molecule has 20 heavy (non-hydrogen) atoms. The van der Waals surface area contributed by atoms with Crippen LogP contribution in [0.2, 0.25) is 5.02 Å². The van der Waals surface area contributed by atoms with E-state index in [9.17, 15) is 5.26 Å². The fourth-order valence-corrected chi connectivity index (χ4v) is 2.12. The summed E-state index contributed by atoms with van der Waals surface area (Å²) in [6.07, 6.45) is 1.51. The van der Waals surface area contributed by atoms with Gasteiger partial charge in [0, 0.05) is 11.6 Å². The van der Waals surface area contributed by atoms with Crippen LogP contribution in [0.15, 0.2) is 54.7 Å². The van der Waals surface area contributed by atoms with E-state index in [1.165, 1.54) is 6.20 Å². The van der Waals surface area contributed by atoms with E-state index in [-0.39, 0.29) is 0 Å². The van der Waals surface area contributed by atoms with Crippen LogP contribution in [0.5, 0.6) is 11.5 Å². The van der Waals surface area contributed by atoms with E-state index in [0.29, 0.717) is 22.1 Å². The van der Waals surface area contributed by atoms with Gasteiger partial charge in [-0.1, -0.05) is 35.9 Å². The number of halogens is 1. The molecule has 1 heterocycles. The van der Waals surface area contributed by atoms with Gasteiger partial charge in [0.2, 0.25) is 0 Å². The van der Waals surface area contributed by atoms with Crippen molar-refractivity contribution in [3.8, 4) is 17.6 Å². The first kappa shape index (κ1) is 12.5. The van der Waals surface area contributed by atoms with Crippen molar-refractivity contribution in [2.24, 2.45) is 0 Å². The third-order valence-corrected chi connectivity index (χ3v) is 3.21. The molecule has 0 unspecified atom stereocenters. The van der Waals surface area contributed by atoms with Crippen LogP contribution in [0.1, 0.15) is 5.56 Å². The lowest BCUT2D eigenvalue weighted by Crippen LogP contribution is -1.92. The molecule has 96 valence electrons. The number of para-hydroxylation sites is 2. The Morgan fingerprint density at radius 3 is 2.60 bits per heavy atom. The van der Waals surface area contributed by atoms with E-state index in [1.807, 2.05) is 36.4 Å². The lowest BCUT2D eigenvalue weighted by atomic mass is 10.1. The number of rotatable bonds is 2. The highest BCUT2D eigenvalue weighted by Crippen LogP contribution is 2.35. The van der Waals surface area contributed by atoms with Crippen molar-refractivity contribution < 1.29 is 4.74 Å². The molecular weight excluding hydrogens is 272 g/mol. The van der Waals surface area contributed by atoms with Gasteiger partial charge in [0.1, 0.15) is 17.4 Å². The van der Waals surface area contributed by atoms with Crippen LogP contribution >= 0.6 is 11.6 Å². The molecule has 0 aliphatic rings. The number of nitrogens with zero attached hydrogens (tertiary/aromatic N) is 2. The molecule has 0 spiro atoms. The standard InChI is InChI=1S/C16H9ClN2O/c17-13-6-2-4-8-15(13)20-16-11(9-18)10-19-14-7-3-1-5-12(14)16/h1-8,10H. The van der Waals surface area contributed by atoms with Gasteiger partial charge in [-0.3, -0.25) is 4.98 Å². The van der Waals surface area contributed by atoms with E-state index in [1.54, 1.807) is 12.1 Å². The summed E-state index contributed by atoms with van der Waals surface area (Å²) in [7, 11) is 0. The van der Waals surface area contributed by atoms with E-state index < -0.39 is 0 Å². The Balaban J connectivity index is 2.20. The highest BCUT2D eigenvalue weighted by atomic mass is 35.5. The molecule has 0 N–H and O–H groups in total. The molecular formula is C16H9ClN2O. The summed E-state index contributed by atoms with van der Waals surface area (Å²) >= 11 is 6.10. The van der Waals surface area contributed by atoms with Crippen LogP contribution in [0, 0.1) is 11.3 Å². The molecule has 0 aliphatic carbocycles. The van der Waals surface area contributed by atoms with Gasteiger partial charge in [0.05, 0.1) is 10.5 Å². The maximum Gasteiger partial charge on any atom is 0.156 e. The molecule has 0 fully saturated rings. The predicted octanol–water partition coefficient (Wildman–Crippen LogP) is 4.55. The van der Waals surface area contributed by atoms with Crippen LogP contribution in [-0.4, -0.2) is 4.98 Å². The smallest absolute Gasteiger partial charge is 0.156 e. The molecule has 0 saturated heterocycles. The van der Waals surface area contributed by atoms with E-state index in [4.69, 9.17) is 16.3 Å². The third-order valence-electron chi connectivity index (χ3n) is 2.90. The van der Waals surface area contributed by atoms with Gasteiger partial charge in [-0.05, 0) is 24.3 Å². The molecule has 1 aromatic heterocycles. The number of benzene rings is 2.